The molecule has 14 nitrogen and oxygen atoms in total. The highest BCUT2D eigenvalue weighted by Gasteiger charge is 2.31. The first-order chi connectivity index (χ1) is 22.4. The number of carbonyl (C=O) groups is 3. The van der Waals surface area contributed by atoms with Gasteiger partial charge in [-0.25, -0.2) is 13.9 Å². The van der Waals surface area contributed by atoms with Gasteiger partial charge in [0.2, 0.25) is 5.91 Å². The molecule has 4 rings (SSSR count). The number of hydrogen-bond donors (Lipinski definition) is 2. The highest BCUT2D eigenvalue weighted by Crippen LogP contribution is 2.23. The third-order valence-electron chi connectivity index (χ3n) is 6.97. The summed E-state index contributed by atoms with van der Waals surface area (Å²) >= 11 is 0. The van der Waals surface area contributed by atoms with Gasteiger partial charge in [-0.05, 0) is 37.1 Å². The van der Waals surface area contributed by atoms with E-state index in [9.17, 15) is 36.7 Å². The van der Waals surface area contributed by atoms with Crippen molar-refractivity contribution in [1.82, 2.24) is 34.7 Å². The third kappa shape index (κ3) is 11.1. The van der Waals surface area contributed by atoms with E-state index in [2.05, 4.69) is 25.7 Å². The average Bonchev–Trinajstić information content (AvgIpc) is 3.47. The van der Waals surface area contributed by atoms with Crippen LogP contribution in [0.25, 0.3) is 0 Å². The Morgan fingerprint density at radius 2 is 1.85 bits per heavy atom. The zero-order chi connectivity index (χ0) is 34.0. The van der Waals surface area contributed by atoms with Gasteiger partial charge in [-0.1, -0.05) is 17.3 Å². The van der Waals surface area contributed by atoms with Crippen LogP contribution >= 0.6 is 0 Å². The molecular formula is C29H34F4N8O6. The van der Waals surface area contributed by atoms with Crippen molar-refractivity contribution in [3.05, 3.63) is 70.4 Å². The zero-order valence-corrected chi connectivity index (χ0v) is 25.4. The van der Waals surface area contributed by atoms with Gasteiger partial charge in [0.1, 0.15) is 11.9 Å². The van der Waals surface area contributed by atoms with Gasteiger partial charge in [0, 0.05) is 57.2 Å². The predicted octanol–water partition coefficient (Wildman–Crippen LogP) is 2.41. The largest absolute Gasteiger partial charge is 0.573 e. The lowest BCUT2D eigenvalue weighted by Gasteiger charge is -2.33. The van der Waals surface area contributed by atoms with Crippen LogP contribution in [0.4, 0.5) is 28.0 Å². The van der Waals surface area contributed by atoms with Gasteiger partial charge in [0.15, 0.2) is 5.69 Å². The molecule has 18 heteroatoms. The van der Waals surface area contributed by atoms with Crippen LogP contribution in [-0.2, 0) is 29.2 Å². The molecule has 1 unspecified atom stereocenters. The van der Waals surface area contributed by atoms with E-state index in [1.165, 1.54) is 41.2 Å². The van der Waals surface area contributed by atoms with Crippen molar-refractivity contribution >= 4 is 23.6 Å². The molecule has 1 aliphatic heterocycles. The number of aromatic nitrogens is 4. The van der Waals surface area contributed by atoms with Crippen molar-refractivity contribution in [2.75, 3.05) is 44.6 Å². The molecule has 3 aromatic rings. The van der Waals surface area contributed by atoms with E-state index < -0.39 is 29.7 Å². The summed E-state index contributed by atoms with van der Waals surface area (Å²) in [7, 11) is 0. The molecule has 0 aliphatic carbocycles. The number of alkyl halides is 4. The van der Waals surface area contributed by atoms with Crippen molar-refractivity contribution in [3.63, 3.8) is 0 Å². The highest BCUT2D eigenvalue weighted by molar-refractivity contribution is 5.92. The SMILES string of the molecule is CCOC(=O)N1CCN(CC(=O)Nc2ccn(CCC(F)Cn3cc(C(=O)NCc4cccc(OC(F)(F)F)c4)nn3)c(=O)c2)CC1. The molecule has 3 amide bonds. The topological polar surface area (TPSA) is 153 Å². The Morgan fingerprint density at radius 3 is 2.55 bits per heavy atom. The number of rotatable bonds is 13. The minimum Gasteiger partial charge on any atom is -0.450 e. The number of halogens is 4. The number of aryl methyl sites for hydroxylation is 1. The van der Waals surface area contributed by atoms with Crippen molar-refractivity contribution in [1.29, 1.82) is 0 Å². The van der Waals surface area contributed by atoms with E-state index in [0.29, 0.717) is 44.0 Å². The van der Waals surface area contributed by atoms with Gasteiger partial charge in [0.05, 0.1) is 25.9 Å². The second kappa shape index (κ2) is 16.0. The van der Waals surface area contributed by atoms with Gasteiger partial charge in [0.25, 0.3) is 11.5 Å². The molecule has 2 N–H and O–H groups in total. The number of amides is 3. The zero-order valence-electron chi connectivity index (χ0n) is 25.4. The molecule has 0 spiro atoms. The lowest BCUT2D eigenvalue weighted by atomic mass is 10.2. The summed E-state index contributed by atoms with van der Waals surface area (Å²) in [6.45, 7) is 3.69. The lowest BCUT2D eigenvalue weighted by Crippen LogP contribution is -2.50. The second-order valence-corrected chi connectivity index (χ2v) is 10.5. The molecule has 3 heterocycles. The summed E-state index contributed by atoms with van der Waals surface area (Å²) in [5.41, 5.74) is 0.0968. The Kier molecular flexibility index (Phi) is 11.9. The van der Waals surface area contributed by atoms with Crippen LogP contribution in [0, 0.1) is 0 Å². The molecule has 1 fully saturated rings. The molecule has 1 atom stereocenters. The normalized spacial score (nSPS) is 14.4. The monoisotopic (exact) mass is 666 g/mol. The fraction of sp³-hybridized carbons (Fsp3) is 0.448. The first-order valence-corrected chi connectivity index (χ1v) is 14.7. The smallest absolute Gasteiger partial charge is 0.450 e. The molecule has 0 radical (unpaired) electrons. The molecule has 254 valence electrons. The molecule has 1 saturated heterocycles. The Bertz CT molecular complexity index is 1590. The number of pyridine rings is 1. The summed E-state index contributed by atoms with van der Waals surface area (Å²) in [5.74, 6) is -1.41. The number of anilines is 1. The first-order valence-electron chi connectivity index (χ1n) is 14.7. The predicted molar refractivity (Wildman–Crippen MR) is 158 cm³/mol. The van der Waals surface area contributed by atoms with Crippen LogP contribution in [0.5, 0.6) is 5.75 Å². The Morgan fingerprint density at radius 1 is 1.09 bits per heavy atom. The maximum Gasteiger partial charge on any atom is 0.573 e. The number of benzene rings is 1. The number of carbonyl (C=O) groups excluding carboxylic acids is 3. The summed E-state index contributed by atoms with van der Waals surface area (Å²) in [4.78, 5) is 52.7. The molecule has 1 aliphatic rings. The lowest BCUT2D eigenvalue weighted by molar-refractivity contribution is -0.274. The van der Waals surface area contributed by atoms with E-state index in [-0.39, 0.29) is 50.3 Å². The number of ether oxygens (including phenoxy) is 2. The summed E-state index contributed by atoms with van der Waals surface area (Å²) < 4.78 is 63.3. The molecule has 1 aromatic carbocycles. The quantitative estimate of drug-likeness (QED) is 0.262. The highest BCUT2D eigenvalue weighted by atomic mass is 19.4. The third-order valence-corrected chi connectivity index (χ3v) is 6.97. The Balaban J connectivity index is 1.18. The van der Waals surface area contributed by atoms with Crippen LogP contribution in [-0.4, -0.2) is 99.1 Å². The minimum atomic E-state index is -4.85. The van der Waals surface area contributed by atoms with E-state index in [1.54, 1.807) is 11.8 Å². The van der Waals surface area contributed by atoms with Crippen LogP contribution in [0.3, 0.4) is 0 Å². The van der Waals surface area contributed by atoms with E-state index in [4.69, 9.17) is 4.74 Å². The van der Waals surface area contributed by atoms with Crippen LogP contribution in [0.1, 0.15) is 29.4 Å². The molecular weight excluding hydrogens is 632 g/mol. The van der Waals surface area contributed by atoms with Gasteiger partial charge >= 0.3 is 12.5 Å². The van der Waals surface area contributed by atoms with E-state index in [1.807, 2.05) is 4.90 Å². The standard InChI is InChI=1S/C29H34F4N8O6/c1-2-46-28(45)40-12-10-38(11-13-40)19-25(42)35-22-7-9-39(26(43)15-22)8-6-21(30)17-41-18-24(36-37-41)27(44)34-16-20-4-3-5-23(14-20)47-29(31,32)33/h3-5,7,9,14-15,18,21H,2,6,8,10-13,16-17,19H2,1H3,(H,34,44)(H,35,42). The fourth-order valence-electron chi connectivity index (χ4n) is 4.67. The van der Waals surface area contributed by atoms with Gasteiger partial charge in [-0.3, -0.25) is 19.3 Å². The minimum absolute atomic E-state index is 0.0398. The summed E-state index contributed by atoms with van der Waals surface area (Å²) in [5, 5.41) is 12.6. The van der Waals surface area contributed by atoms with Crippen molar-refractivity contribution in [2.24, 2.45) is 0 Å². The van der Waals surface area contributed by atoms with Crippen molar-refractivity contribution in [3.8, 4) is 5.75 Å². The van der Waals surface area contributed by atoms with Gasteiger partial charge in [-0.2, -0.15) is 0 Å². The number of hydrogen-bond acceptors (Lipinski definition) is 9. The van der Waals surface area contributed by atoms with Gasteiger partial charge in [-0.15, -0.1) is 18.3 Å². The molecule has 0 bridgehead atoms. The molecule has 47 heavy (non-hydrogen) atoms. The van der Waals surface area contributed by atoms with Crippen LogP contribution in [0.2, 0.25) is 0 Å². The Labute approximate surface area is 266 Å². The van der Waals surface area contributed by atoms with Crippen LogP contribution < -0.4 is 20.9 Å². The molecule has 2 aromatic heterocycles. The maximum atomic E-state index is 14.7. The van der Waals surface area contributed by atoms with Crippen LogP contribution in [0.15, 0.2) is 53.6 Å². The average molecular weight is 667 g/mol. The number of piperazine rings is 1. The molecule has 0 saturated carbocycles. The first kappa shape index (κ1) is 34.9. The number of nitrogens with zero attached hydrogens (tertiary/aromatic N) is 6. The summed E-state index contributed by atoms with van der Waals surface area (Å²) in [6.07, 6.45) is -4.04. The van der Waals surface area contributed by atoms with Crippen molar-refractivity contribution < 1.29 is 41.4 Å². The van der Waals surface area contributed by atoms with Gasteiger partial charge < -0.3 is 29.6 Å². The second-order valence-electron chi connectivity index (χ2n) is 10.5. The van der Waals surface area contributed by atoms with E-state index >= 15 is 0 Å². The Hall–Kier alpha value is -5.00. The maximum absolute atomic E-state index is 14.7. The van der Waals surface area contributed by atoms with E-state index in [0.717, 1.165) is 16.8 Å². The summed E-state index contributed by atoms with van der Waals surface area (Å²) in [6, 6.07) is 7.89. The number of nitrogens with one attached hydrogen (secondary N) is 2. The fourth-order valence-corrected chi connectivity index (χ4v) is 4.67. The van der Waals surface area contributed by atoms with Crippen molar-refractivity contribution in [2.45, 2.75) is 45.5 Å².